The maximum atomic E-state index is 11.0. The number of nitrogens with zero attached hydrogens (tertiary/aromatic N) is 1. The summed E-state index contributed by atoms with van der Waals surface area (Å²) in [4.78, 5) is 15.6. The number of unbranched alkanes of at least 4 members (excludes halogenated alkanes) is 2. The highest BCUT2D eigenvalue weighted by Crippen LogP contribution is 2.27. The molecule has 7 heteroatoms. The largest absolute Gasteiger partial charge is 0.469 e. The van der Waals surface area contributed by atoms with Crippen LogP contribution in [0, 0.1) is 0 Å². The molecule has 2 atom stereocenters. The van der Waals surface area contributed by atoms with E-state index in [0.717, 1.165) is 43.6 Å². The maximum Gasteiger partial charge on any atom is 0.305 e. The summed E-state index contributed by atoms with van der Waals surface area (Å²) in [6, 6.07) is 0.551. The van der Waals surface area contributed by atoms with Crippen LogP contribution >= 0.6 is 35.7 Å². The molecule has 0 amide bonds. The van der Waals surface area contributed by atoms with Gasteiger partial charge in [-0.3, -0.25) is 9.79 Å². The van der Waals surface area contributed by atoms with Crippen LogP contribution in [0.3, 0.4) is 0 Å². The summed E-state index contributed by atoms with van der Waals surface area (Å²) in [5.74, 6) is 0.810. The van der Waals surface area contributed by atoms with Gasteiger partial charge in [0, 0.05) is 30.8 Å². The van der Waals surface area contributed by atoms with E-state index in [2.05, 4.69) is 33.5 Å². The van der Waals surface area contributed by atoms with Crippen LogP contribution in [0.15, 0.2) is 4.99 Å². The molecular weight excluding hydrogens is 425 g/mol. The van der Waals surface area contributed by atoms with Crippen LogP contribution in [0.25, 0.3) is 0 Å². The number of aliphatic imine (C=N–C) groups is 1. The number of nitrogens with one attached hydrogen (secondary N) is 2. The molecule has 1 aliphatic carbocycles. The summed E-state index contributed by atoms with van der Waals surface area (Å²) >= 11 is 1.97. The Balaban J connectivity index is 0.00000484. The second-order valence-corrected chi connectivity index (χ2v) is 6.80. The van der Waals surface area contributed by atoms with Crippen LogP contribution < -0.4 is 10.6 Å². The molecule has 0 radical (unpaired) electrons. The average Bonchev–Trinajstić information content (AvgIpc) is 2.98. The second kappa shape index (κ2) is 14.2. The lowest BCUT2D eigenvalue weighted by molar-refractivity contribution is -0.140. The first kappa shape index (κ1) is 22.8. The van der Waals surface area contributed by atoms with E-state index < -0.39 is 0 Å². The summed E-state index contributed by atoms with van der Waals surface area (Å²) in [6.45, 7) is 3.77. The van der Waals surface area contributed by atoms with Gasteiger partial charge in [-0.25, -0.2) is 0 Å². The van der Waals surface area contributed by atoms with Crippen molar-refractivity contribution in [3.05, 3.63) is 0 Å². The van der Waals surface area contributed by atoms with Crippen LogP contribution in [-0.4, -0.2) is 49.7 Å². The number of carbonyl (C=O) groups is 1. The van der Waals surface area contributed by atoms with E-state index in [9.17, 15) is 4.79 Å². The number of carbonyl (C=O) groups excluding carboxylic acids is 1. The molecule has 1 aliphatic rings. The molecule has 0 spiro atoms. The average molecular weight is 457 g/mol. The molecule has 1 saturated carbocycles. The quantitative estimate of drug-likeness (QED) is 0.183. The fraction of sp³-hybridized carbons (Fsp3) is 0.875. The van der Waals surface area contributed by atoms with Gasteiger partial charge in [-0.2, -0.15) is 11.8 Å². The van der Waals surface area contributed by atoms with E-state index in [1.807, 2.05) is 11.8 Å². The number of guanidine groups is 1. The highest BCUT2D eigenvalue weighted by atomic mass is 127. The molecule has 0 aromatic heterocycles. The number of ether oxygens (including phenoxy) is 1. The Kier molecular flexibility index (Phi) is 14.1. The highest BCUT2D eigenvalue weighted by molar-refractivity contribution is 14.0. The maximum absolute atomic E-state index is 11.0. The van der Waals surface area contributed by atoms with Crippen LogP contribution in [0.5, 0.6) is 0 Å². The Bertz CT molecular complexity index is 356. The van der Waals surface area contributed by atoms with Gasteiger partial charge in [0.25, 0.3) is 0 Å². The number of rotatable bonds is 9. The van der Waals surface area contributed by atoms with E-state index in [-0.39, 0.29) is 29.9 Å². The Morgan fingerprint density at radius 3 is 2.70 bits per heavy atom. The Morgan fingerprint density at radius 1 is 1.30 bits per heavy atom. The molecule has 0 saturated heterocycles. The van der Waals surface area contributed by atoms with E-state index in [4.69, 9.17) is 0 Å². The van der Waals surface area contributed by atoms with Crippen molar-refractivity contribution < 1.29 is 9.53 Å². The number of esters is 1. The van der Waals surface area contributed by atoms with Crippen molar-refractivity contribution in [1.82, 2.24) is 10.6 Å². The zero-order valence-corrected chi connectivity index (χ0v) is 17.7. The summed E-state index contributed by atoms with van der Waals surface area (Å²) in [5.41, 5.74) is 0. The second-order valence-electron chi connectivity index (χ2n) is 5.66. The minimum atomic E-state index is -0.122. The van der Waals surface area contributed by atoms with Crippen LogP contribution in [0.1, 0.15) is 51.9 Å². The minimum absolute atomic E-state index is 0. The predicted octanol–water partition coefficient (Wildman–Crippen LogP) is 3.18. The SMILES string of the molecule is CCNC(=NCCCCCC(=O)OC)NC1CCC(SC)C1.I. The zero-order valence-electron chi connectivity index (χ0n) is 14.6. The van der Waals surface area contributed by atoms with Gasteiger partial charge in [0.2, 0.25) is 0 Å². The lowest BCUT2D eigenvalue weighted by Crippen LogP contribution is -2.42. The minimum Gasteiger partial charge on any atom is -0.469 e. The third-order valence-corrected chi connectivity index (χ3v) is 5.03. The predicted molar refractivity (Wildman–Crippen MR) is 110 cm³/mol. The molecule has 2 N–H and O–H groups in total. The first-order valence-corrected chi connectivity index (χ1v) is 9.62. The third kappa shape index (κ3) is 10.3. The monoisotopic (exact) mass is 457 g/mol. The standard InChI is InChI=1S/C16H31N3O2S.HI/c1-4-17-16(19-13-9-10-14(12-13)22-3)18-11-7-5-6-8-15(20)21-2;/h13-14H,4-12H2,1-3H3,(H2,17,18,19);1H. The lowest BCUT2D eigenvalue weighted by Gasteiger charge is -2.17. The Labute approximate surface area is 162 Å². The summed E-state index contributed by atoms with van der Waals surface area (Å²) in [6.07, 6.45) is 9.36. The normalized spacial score (nSPS) is 20.7. The van der Waals surface area contributed by atoms with Crippen molar-refractivity contribution in [2.75, 3.05) is 26.5 Å². The highest BCUT2D eigenvalue weighted by Gasteiger charge is 2.24. The van der Waals surface area contributed by atoms with Crippen LogP contribution in [0.2, 0.25) is 0 Å². The molecular formula is C16H32IN3O2S. The van der Waals surface area contributed by atoms with Crippen molar-refractivity contribution in [1.29, 1.82) is 0 Å². The van der Waals surface area contributed by atoms with E-state index in [1.165, 1.54) is 26.4 Å². The molecule has 0 aliphatic heterocycles. The number of methoxy groups -OCH3 is 1. The molecule has 23 heavy (non-hydrogen) atoms. The molecule has 136 valence electrons. The van der Waals surface area contributed by atoms with Crippen LogP contribution in [0.4, 0.5) is 0 Å². The van der Waals surface area contributed by atoms with Crippen molar-refractivity contribution in [2.24, 2.45) is 4.99 Å². The van der Waals surface area contributed by atoms with Crippen molar-refractivity contribution >= 4 is 47.7 Å². The molecule has 1 rings (SSSR count). The van der Waals surface area contributed by atoms with Gasteiger partial charge in [0.1, 0.15) is 0 Å². The van der Waals surface area contributed by atoms with Gasteiger partial charge in [-0.05, 0) is 45.3 Å². The molecule has 0 bridgehead atoms. The molecule has 2 unspecified atom stereocenters. The van der Waals surface area contributed by atoms with Gasteiger partial charge in [-0.1, -0.05) is 6.42 Å². The topological polar surface area (TPSA) is 62.7 Å². The molecule has 0 heterocycles. The fourth-order valence-electron chi connectivity index (χ4n) is 2.65. The van der Waals surface area contributed by atoms with E-state index >= 15 is 0 Å². The summed E-state index contributed by atoms with van der Waals surface area (Å²) in [5, 5.41) is 7.66. The van der Waals surface area contributed by atoms with Gasteiger partial charge in [-0.15, -0.1) is 24.0 Å². The number of hydrogen-bond donors (Lipinski definition) is 2. The summed E-state index contributed by atoms with van der Waals surface area (Å²) in [7, 11) is 1.44. The fourth-order valence-corrected chi connectivity index (χ4v) is 3.45. The first-order valence-electron chi connectivity index (χ1n) is 8.34. The number of hydrogen-bond acceptors (Lipinski definition) is 4. The molecule has 1 fully saturated rings. The van der Waals surface area contributed by atoms with Crippen LogP contribution in [-0.2, 0) is 9.53 Å². The molecule has 0 aromatic rings. The van der Waals surface area contributed by atoms with Crippen molar-refractivity contribution in [2.45, 2.75) is 63.2 Å². The molecule has 0 aromatic carbocycles. The first-order chi connectivity index (χ1) is 10.7. The number of halogens is 1. The number of thioether (sulfide) groups is 1. The van der Waals surface area contributed by atoms with E-state index in [1.54, 1.807) is 0 Å². The van der Waals surface area contributed by atoms with Gasteiger partial charge in [0.15, 0.2) is 5.96 Å². The summed E-state index contributed by atoms with van der Waals surface area (Å²) < 4.78 is 4.63. The smallest absolute Gasteiger partial charge is 0.305 e. The van der Waals surface area contributed by atoms with Gasteiger partial charge < -0.3 is 15.4 Å². The third-order valence-electron chi connectivity index (χ3n) is 3.94. The Morgan fingerprint density at radius 2 is 2.09 bits per heavy atom. The Hall–Kier alpha value is -0.180. The van der Waals surface area contributed by atoms with Gasteiger partial charge >= 0.3 is 5.97 Å². The van der Waals surface area contributed by atoms with Crippen molar-refractivity contribution in [3.8, 4) is 0 Å². The van der Waals surface area contributed by atoms with Crippen molar-refractivity contribution in [3.63, 3.8) is 0 Å². The zero-order chi connectivity index (χ0) is 16.2. The van der Waals surface area contributed by atoms with Gasteiger partial charge in [0.05, 0.1) is 7.11 Å². The van der Waals surface area contributed by atoms with E-state index in [0.29, 0.717) is 12.5 Å². The molecule has 5 nitrogen and oxygen atoms in total. The lowest BCUT2D eigenvalue weighted by atomic mass is 10.2.